The van der Waals surface area contributed by atoms with Gasteiger partial charge in [-0.25, -0.2) is 9.78 Å². The van der Waals surface area contributed by atoms with E-state index in [4.69, 9.17) is 4.74 Å². The number of carbonyl (C=O) groups excluding carboxylic acids is 1. The predicted molar refractivity (Wildman–Crippen MR) is 107 cm³/mol. The number of ether oxygens (including phenoxy) is 1. The third kappa shape index (κ3) is 3.62. The zero-order chi connectivity index (χ0) is 20.4. The number of amides is 2. The molecule has 1 atom stereocenters. The van der Waals surface area contributed by atoms with Gasteiger partial charge in [0.2, 0.25) is 5.88 Å². The van der Waals surface area contributed by atoms with Gasteiger partial charge in [-0.1, -0.05) is 30.3 Å². The lowest BCUT2D eigenvalue weighted by Gasteiger charge is -2.43. The smallest absolute Gasteiger partial charge is 0.320 e. The van der Waals surface area contributed by atoms with Crippen molar-refractivity contribution in [2.24, 2.45) is 0 Å². The van der Waals surface area contributed by atoms with E-state index in [-0.39, 0.29) is 12.4 Å². The molecule has 1 aromatic carbocycles. The van der Waals surface area contributed by atoms with Crippen LogP contribution in [0.15, 0.2) is 36.4 Å². The zero-order valence-electron chi connectivity index (χ0n) is 16.0. The van der Waals surface area contributed by atoms with Gasteiger partial charge < -0.3 is 20.3 Å². The summed E-state index contributed by atoms with van der Waals surface area (Å²) in [5.74, 6) is 0.571. The normalized spacial score (nSPS) is 16.1. The molecule has 0 aliphatic heterocycles. The van der Waals surface area contributed by atoms with Crippen molar-refractivity contribution in [3.63, 3.8) is 0 Å². The SMILES string of the molecule is COc1n[nH]c2cc(NC(=O)NC(c3ccccc3)C3(O)CCC3)nc(CO)c12. The fourth-order valence-corrected chi connectivity index (χ4v) is 3.70. The quantitative estimate of drug-likeness (QED) is 0.433. The Labute approximate surface area is 167 Å². The number of nitrogens with zero attached hydrogens (tertiary/aromatic N) is 2. The van der Waals surface area contributed by atoms with Gasteiger partial charge in [-0.15, -0.1) is 5.10 Å². The average molecular weight is 397 g/mol. The van der Waals surface area contributed by atoms with Crippen LogP contribution in [0.1, 0.15) is 36.6 Å². The maximum Gasteiger partial charge on any atom is 0.320 e. The Morgan fingerprint density at radius 2 is 2.10 bits per heavy atom. The van der Waals surface area contributed by atoms with Crippen molar-refractivity contribution < 1.29 is 19.7 Å². The molecule has 0 radical (unpaired) electrons. The number of anilines is 1. The van der Waals surface area contributed by atoms with Crippen LogP contribution in [-0.4, -0.2) is 44.1 Å². The van der Waals surface area contributed by atoms with Crippen LogP contribution in [0.25, 0.3) is 10.9 Å². The molecule has 2 amide bonds. The molecule has 9 nitrogen and oxygen atoms in total. The highest BCUT2D eigenvalue weighted by molar-refractivity contribution is 5.93. The van der Waals surface area contributed by atoms with Crippen molar-refractivity contribution in [1.82, 2.24) is 20.5 Å². The summed E-state index contributed by atoms with van der Waals surface area (Å²) in [6, 6.07) is 9.97. The van der Waals surface area contributed by atoms with Gasteiger partial charge in [0, 0.05) is 6.07 Å². The molecular formula is C20H23N5O4. The second-order valence-corrected chi connectivity index (χ2v) is 7.17. The lowest BCUT2D eigenvalue weighted by atomic mass is 9.72. The number of hydrogen-bond acceptors (Lipinski definition) is 6. The number of carbonyl (C=O) groups is 1. The first-order valence-corrected chi connectivity index (χ1v) is 9.42. The predicted octanol–water partition coefficient (Wildman–Crippen LogP) is 2.24. The molecule has 4 rings (SSSR count). The van der Waals surface area contributed by atoms with E-state index in [0.29, 0.717) is 35.3 Å². The summed E-state index contributed by atoms with van der Waals surface area (Å²) in [6.45, 7) is -0.337. The molecule has 1 aliphatic rings. The first kappa shape index (κ1) is 19.2. The summed E-state index contributed by atoms with van der Waals surface area (Å²) in [5.41, 5.74) is 0.778. The van der Waals surface area contributed by atoms with E-state index in [2.05, 4.69) is 25.8 Å². The number of aromatic nitrogens is 3. The highest BCUT2D eigenvalue weighted by Gasteiger charge is 2.43. The van der Waals surface area contributed by atoms with Crippen LogP contribution < -0.4 is 15.4 Å². The largest absolute Gasteiger partial charge is 0.479 e. The number of pyridine rings is 1. The number of nitrogens with one attached hydrogen (secondary N) is 3. The summed E-state index contributed by atoms with van der Waals surface area (Å²) in [6.07, 6.45) is 2.17. The number of rotatable bonds is 6. The number of aromatic amines is 1. The van der Waals surface area contributed by atoms with E-state index in [0.717, 1.165) is 12.0 Å². The number of aliphatic hydroxyl groups excluding tert-OH is 1. The van der Waals surface area contributed by atoms with Crippen molar-refractivity contribution in [3.8, 4) is 5.88 Å². The minimum atomic E-state index is -0.969. The number of aliphatic hydroxyl groups is 2. The van der Waals surface area contributed by atoms with Crippen molar-refractivity contribution in [3.05, 3.63) is 47.7 Å². The lowest BCUT2D eigenvalue weighted by molar-refractivity contribution is -0.0627. The van der Waals surface area contributed by atoms with Gasteiger partial charge in [0.1, 0.15) is 5.82 Å². The molecule has 1 unspecified atom stereocenters. The Kier molecular flexibility index (Phi) is 5.08. The van der Waals surface area contributed by atoms with Crippen molar-refractivity contribution >= 4 is 22.8 Å². The van der Waals surface area contributed by atoms with Gasteiger partial charge in [0.05, 0.1) is 42.0 Å². The van der Waals surface area contributed by atoms with E-state index in [1.165, 1.54) is 7.11 Å². The van der Waals surface area contributed by atoms with E-state index >= 15 is 0 Å². The van der Waals surface area contributed by atoms with Crippen LogP contribution in [0, 0.1) is 0 Å². The number of methoxy groups -OCH3 is 1. The number of fused-ring (bicyclic) bond motifs is 1. The Morgan fingerprint density at radius 3 is 2.72 bits per heavy atom. The van der Waals surface area contributed by atoms with Crippen molar-refractivity contribution in [2.45, 2.75) is 37.5 Å². The summed E-state index contributed by atoms with van der Waals surface area (Å²) >= 11 is 0. The van der Waals surface area contributed by atoms with Crippen LogP contribution in [0.4, 0.5) is 10.6 Å². The van der Waals surface area contributed by atoms with Crippen molar-refractivity contribution in [2.75, 3.05) is 12.4 Å². The molecule has 2 heterocycles. The maximum atomic E-state index is 12.7. The number of H-pyrrole nitrogens is 1. The summed E-state index contributed by atoms with van der Waals surface area (Å²) in [4.78, 5) is 17.0. The molecule has 29 heavy (non-hydrogen) atoms. The van der Waals surface area contributed by atoms with Gasteiger partial charge in [-0.3, -0.25) is 10.4 Å². The second kappa shape index (κ2) is 7.69. The maximum absolute atomic E-state index is 12.7. The molecule has 0 spiro atoms. The Morgan fingerprint density at radius 1 is 1.34 bits per heavy atom. The van der Waals surface area contributed by atoms with Gasteiger partial charge in [-0.05, 0) is 24.8 Å². The fourth-order valence-electron chi connectivity index (χ4n) is 3.70. The van der Waals surface area contributed by atoms with E-state index < -0.39 is 17.7 Å². The molecule has 5 N–H and O–H groups in total. The molecule has 0 saturated heterocycles. The van der Waals surface area contributed by atoms with E-state index in [9.17, 15) is 15.0 Å². The summed E-state index contributed by atoms with van der Waals surface area (Å²) < 4.78 is 5.17. The molecule has 1 saturated carbocycles. The van der Waals surface area contributed by atoms with Gasteiger partial charge in [0.25, 0.3) is 0 Å². The lowest BCUT2D eigenvalue weighted by Crippen LogP contribution is -2.51. The minimum Gasteiger partial charge on any atom is -0.479 e. The molecular weight excluding hydrogens is 374 g/mol. The topological polar surface area (TPSA) is 132 Å². The average Bonchev–Trinajstić information content (AvgIpc) is 3.13. The number of hydrogen-bond donors (Lipinski definition) is 5. The third-order valence-corrected chi connectivity index (χ3v) is 5.34. The van der Waals surface area contributed by atoms with Crippen LogP contribution in [0.3, 0.4) is 0 Å². The van der Waals surface area contributed by atoms with Crippen LogP contribution in [0.5, 0.6) is 5.88 Å². The Bertz CT molecular complexity index is 1020. The summed E-state index contributed by atoms with van der Waals surface area (Å²) in [5, 5.41) is 33.5. The van der Waals surface area contributed by atoms with Crippen LogP contribution in [0.2, 0.25) is 0 Å². The molecule has 2 aromatic heterocycles. The fraction of sp³-hybridized carbons (Fsp3) is 0.350. The third-order valence-electron chi connectivity index (χ3n) is 5.34. The molecule has 0 bridgehead atoms. The second-order valence-electron chi connectivity index (χ2n) is 7.17. The highest BCUT2D eigenvalue weighted by atomic mass is 16.5. The van der Waals surface area contributed by atoms with Gasteiger partial charge >= 0.3 is 6.03 Å². The Balaban J connectivity index is 1.57. The molecule has 3 aromatic rings. The standard InChI is InChI=1S/C20H23N5O4/c1-29-18-16-13(24-25-18)10-15(21-14(16)11-26)22-19(27)23-17(20(28)8-5-9-20)12-6-3-2-4-7-12/h2-4,6-7,10,17,26,28H,5,8-9,11H2,1H3,(H,24,25)(H2,21,22,23,27). The molecule has 1 aliphatic carbocycles. The van der Waals surface area contributed by atoms with E-state index in [1.807, 2.05) is 30.3 Å². The van der Waals surface area contributed by atoms with Crippen molar-refractivity contribution in [1.29, 1.82) is 0 Å². The number of urea groups is 1. The monoisotopic (exact) mass is 397 g/mol. The van der Waals surface area contributed by atoms with Crippen LogP contribution >= 0.6 is 0 Å². The summed E-state index contributed by atoms with van der Waals surface area (Å²) in [7, 11) is 1.48. The first-order chi connectivity index (χ1) is 14.0. The zero-order valence-corrected chi connectivity index (χ0v) is 16.0. The highest BCUT2D eigenvalue weighted by Crippen LogP contribution is 2.42. The van der Waals surface area contributed by atoms with Crippen LogP contribution in [-0.2, 0) is 6.61 Å². The molecule has 9 heteroatoms. The van der Waals surface area contributed by atoms with Gasteiger partial charge in [0.15, 0.2) is 0 Å². The first-order valence-electron chi connectivity index (χ1n) is 9.42. The molecule has 1 fully saturated rings. The Hall–Kier alpha value is -3.17. The van der Waals surface area contributed by atoms with E-state index in [1.54, 1.807) is 6.07 Å². The number of benzene rings is 1. The van der Waals surface area contributed by atoms with Gasteiger partial charge in [-0.2, -0.15) is 0 Å². The molecule has 152 valence electrons. The minimum absolute atomic E-state index is 0.248.